The highest BCUT2D eigenvalue weighted by Gasteiger charge is 2.25. The number of hydrogen-bond donors (Lipinski definition) is 1. The summed E-state index contributed by atoms with van der Waals surface area (Å²) in [6.07, 6.45) is 0. The molecule has 0 bridgehead atoms. The van der Waals surface area contributed by atoms with E-state index in [1.165, 1.54) is 60.7 Å². The lowest BCUT2D eigenvalue weighted by Crippen LogP contribution is -2.19. The Balaban J connectivity index is 1.81. The minimum absolute atomic E-state index is 0.305. The molecule has 0 spiro atoms. The number of carbonyl (C=O) groups excluding carboxylic acids is 1. The van der Waals surface area contributed by atoms with Gasteiger partial charge in [0, 0.05) is 11.3 Å². The van der Waals surface area contributed by atoms with Crippen LogP contribution in [0, 0.1) is 17.5 Å². The fraction of sp³-hybridized carbons (Fsp3) is 0.0455. The van der Waals surface area contributed by atoms with E-state index in [4.69, 9.17) is 5.73 Å². The van der Waals surface area contributed by atoms with Crippen LogP contribution in [0.5, 0.6) is 0 Å². The van der Waals surface area contributed by atoms with E-state index in [0.29, 0.717) is 27.8 Å². The van der Waals surface area contributed by atoms with Crippen LogP contribution in [0.4, 0.5) is 13.2 Å². The molecule has 0 aliphatic heterocycles. The van der Waals surface area contributed by atoms with E-state index in [9.17, 15) is 18.0 Å². The molecule has 0 fully saturated rings. The van der Waals surface area contributed by atoms with E-state index in [2.05, 4.69) is 10.2 Å². The molecule has 3 aromatic carbocycles. The van der Waals surface area contributed by atoms with Crippen molar-refractivity contribution in [3.63, 3.8) is 0 Å². The number of rotatable bonds is 6. The summed E-state index contributed by atoms with van der Waals surface area (Å²) in [5.41, 5.74) is 7.20. The predicted molar refractivity (Wildman–Crippen MR) is 111 cm³/mol. The van der Waals surface area contributed by atoms with Crippen molar-refractivity contribution < 1.29 is 18.0 Å². The Hall–Kier alpha value is -3.59. The Bertz CT molecular complexity index is 1210. The average molecular weight is 440 g/mol. The smallest absolute Gasteiger partial charge is 0.235 e. The van der Waals surface area contributed by atoms with Gasteiger partial charge in [-0.3, -0.25) is 9.36 Å². The van der Waals surface area contributed by atoms with Crippen molar-refractivity contribution >= 4 is 17.7 Å². The highest BCUT2D eigenvalue weighted by atomic mass is 32.2. The maximum absolute atomic E-state index is 13.5. The second-order valence-corrected chi connectivity index (χ2v) is 7.65. The maximum atomic E-state index is 13.5. The first-order valence-corrected chi connectivity index (χ1v) is 9.99. The lowest BCUT2D eigenvalue weighted by molar-refractivity contribution is -0.117. The van der Waals surface area contributed by atoms with Crippen molar-refractivity contribution in [3.05, 3.63) is 95.8 Å². The van der Waals surface area contributed by atoms with E-state index in [1.807, 2.05) is 0 Å². The third kappa shape index (κ3) is 4.46. The minimum atomic E-state index is -0.870. The summed E-state index contributed by atoms with van der Waals surface area (Å²) in [4.78, 5) is 12.2. The summed E-state index contributed by atoms with van der Waals surface area (Å²) in [7, 11) is 0. The van der Waals surface area contributed by atoms with Gasteiger partial charge in [0.15, 0.2) is 11.0 Å². The molecule has 0 aliphatic carbocycles. The van der Waals surface area contributed by atoms with Crippen molar-refractivity contribution in [1.82, 2.24) is 14.8 Å². The molecular formula is C22H15F3N4OS. The van der Waals surface area contributed by atoms with Crippen molar-refractivity contribution in [2.45, 2.75) is 10.4 Å². The van der Waals surface area contributed by atoms with Gasteiger partial charge in [0.2, 0.25) is 5.91 Å². The second-order valence-electron chi connectivity index (χ2n) is 6.58. The number of nitrogens with zero attached hydrogens (tertiary/aromatic N) is 3. The van der Waals surface area contributed by atoms with Crippen molar-refractivity contribution in [1.29, 1.82) is 0 Å². The first-order chi connectivity index (χ1) is 14.9. The van der Waals surface area contributed by atoms with Gasteiger partial charge in [0.05, 0.1) is 0 Å². The number of aromatic nitrogens is 3. The number of benzene rings is 3. The zero-order valence-electron chi connectivity index (χ0n) is 15.9. The van der Waals surface area contributed by atoms with Crippen LogP contribution < -0.4 is 5.73 Å². The zero-order chi connectivity index (χ0) is 22.0. The molecule has 1 atom stereocenters. The molecule has 4 aromatic rings. The van der Waals surface area contributed by atoms with Crippen LogP contribution >= 0.6 is 11.8 Å². The molecule has 2 N–H and O–H groups in total. The maximum Gasteiger partial charge on any atom is 0.235 e. The van der Waals surface area contributed by atoms with Crippen LogP contribution in [-0.4, -0.2) is 20.7 Å². The zero-order valence-corrected chi connectivity index (χ0v) is 16.7. The van der Waals surface area contributed by atoms with Crippen LogP contribution in [0.15, 0.2) is 78.0 Å². The van der Waals surface area contributed by atoms with E-state index in [1.54, 1.807) is 16.7 Å². The summed E-state index contributed by atoms with van der Waals surface area (Å²) >= 11 is 1.02. The molecule has 1 heterocycles. The molecule has 0 saturated heterocycles. The molecule has 0 aliphatic rings. The number of primary amides is 1. The number of nitrogens with two attached hydrogens (primary N) is 1. The lowest BCUT2D eigenvalue weighted by atomic mass is 10.1. The Kier molecular flexibility index (Phi) is 5.77. The Labute approximate surface area is 179 Å². The minimum Gasteiger partial charge on any atom is -0.368 e. The molecule has 1 aromatic heterocycles. The molecule has 0 radical (unpaired) electrons. The number of halogens is 3. The highest BCUT2D eigenvalue weighted by molar-refractivity contribution is 8.00. The summed E-state index contributed by atoms with van der Waals surface area (Å²) in [6, 6.07) is 16.7. The van der Waals surface area contributed by atoms with Crippen LogP contribution in [0.2, 0.25) is 0 Å². The molecule has 156 valence electrons. The van der Waals surface area contributed by atoms with Crippen molar-refractivity contribution in [3.8, 4) is 17.1 Å². The van der Waals surface area contributed by atoms with Gasteiger partial charge in [-0.2, -0.15) is 0 Å². The molecule has 1 unspecified atom stereocenters. The number of thioether (sulfide) groups is 1. The first kappa shape index (κ1) is 20.7. The number of hydrogen-bond acceptors (Lipinski definition) is 4. The van der Waals surface area contributed by atoms with Crippen molar-refractivity contribution in [2.75, 3.05) is 0 Å². The molecule has 31 heavy (non-hydrogen) atoms. The van der Waals surface area contributed by atoms with Gasteiger partial charge in [-0.25, -0.2) is 13.2 Å². The lowest BCUT2D eigenvalue weighted by Gasteiger charge is -2.15. The summed E-state index contributed by atoms with van der Waals surface area (Å²) in [5, 5.41) is 7.82. The first-order valence-electron chi connectivity index (χ1n) is 9.11. The average Bonchev–Trinajstić information content (AvgIpc) is 3.17. The molecule has 5 nitrogen and oxygen atoms in total. The molecular weight excluding hydrogens is 425 g/mol. The Morgan fingerprint density at radius 2 is 1.32 bits per heavy atom. The van der Waals surface area contributed by atoms with Gasteiger partial charge < -0.3 is 5.73 Å². The standard InChI is InChI=1S/C22H15F3N4OS/c23-15-5-1-13(2-6-15)19(20(26)30)31-22-28-27-21(14-3-7-16(24)8-4-14)29(22)18-11-9-17(25)10-12-18/h1-12,19H,(H2,26,30). The van der Waals surface area contributed by atoms with Crippen LogP contribution in [0.3, 0.4) is 0 Å². The monoisotopic (exact) mass is 440 g/mol. The molecule has 1 amide bonds. The molecule has 4 rings (SSSR count). The number of carbonyl (C=O) groups is 1. The summed E-state index contributed by atoms with van der Waals surface area (Å²) in [5.74, 6) is -1.54. The van der Waals surface area contributed by atoms with E-state index < -0.39 is 28.6 Å². The SMILES string of the molecule is NC(=O)C(Sc1nnc(-c2ccc(F)cc2)n1-c1ccc(F)cc1)c1ccc(F)cc1. The van der Waals surface area contributed by atoms with Crippen LogP contribution in [0.1, 0.15) is 10.8 Å². The van der Waals surface area contributed by atoms with Gasteiger partial charge in [0.1, 0.15) is 22.7 Å². The van der Waals surface area contributed by atoms with E-state index in [-0.39, 0.29) is 0 Å². The van der Waals surface area contributed by atoms with E-state index in [0.717, 1.165) is 11.8 Å². The van der Waals surface area contributed by atoms with E-state index >= 15 is 0 Å². The quantitative estimate of drug-likeness (QED) is 0.442. The number of amides is 1. The van der Waals surface area contributed by atoms with Crippen molar-refractivity contribution in [2.24, 2.45) is 5.73 Å². The van der Waals surface area contributed by atoms with Crippen LogP contribution in [-0.2, 0) is 4.79 Å². The summed E-state index contributed by atoms with van der Waals surface area (Å²) in [6.45, 7) is 0. The fourth-order valence-electron chi connectivity index (χ4n) is 2.99. The van der Waals surface area contributed by atoms with Gasteiger partial charge in [-0.05, 0) is 66.2 Å². The highest BCUT2D eigenvalue weighted by Crippen LogP contribution is 2.37. The molecule has 9 heteroatoms. The van der Waals surface area contributed by atoms with Gasteiger partial charge in [-0.1, -0.05) is 23.9 Å². The Morgan fingerprint density at radius 1 is 0.806 bits per heavy atom. The fourth-order valence-corrected chi connectivity index (χ4v) is 3.99. The van der Waals surface area contributed by atoms with Gasteiger partial charge in [-0.15, -0.1) is 10.2 Å². The van der Waals surface area contributed by atoms with Gasteiger partial charge in [0.25, 0.3) is 0 Å². The van der Waals surface area contributed by atoms with Gasteiger partial charge >= 0.3 is 0 Å². The third-order valence-corrected chi connectivity index (χ3v) is 5.69. The Morgan fingerprint density at radius 3 is 1.87 bits per heavy atom. The van der Waals surface area contributed by atoms with Crippen LogP contribution in [0.25, 0.3) is 17.1 Å². The summed E-state index contributed by atoms with van der Waals surface area (Å²) < 4.78 is 41.8. The normalized spacial score (nSPS) is 12.0. The predicted octanol–water partition coefficient (Wildman–Crippen LogP) is 4.67. The topological polar surface area (TPSA) is 73.8 Å². The third-order valence-electron chi connectivity index (χ3n) is 4.48. The second kappa shape index (κ2) is 8.65. The largest absolute Gasteiger partial charge is 0.368 e. The molecule has 0 saturated carbocycles.